The van der Waals surface area contributed by atoms with Crippen molar-refractivity contribution in [2.24, 2.45) is 11.8 Å². The van der Waals surface area contributed by atoms with E-state index in [0.717, 1.165) is 12.8 Å². The van der Waals surface area contributed by atoms with Crippen LogP contribution >= 0.6 is 0 Å². The van der Waals surface area contributed by atoms with Crippen molar-refractivity contribution >= 4 is 5.78 Å². The normalized spacial score (nSPS) is 9.67. The Labute approximate surface area is 111 Å². The Kier molecular flexibility index (Phi) is 10.1. The Balaban J connectivity index is 3.48. The number of rotatable bonds is 7. The minimum absolute atomic E-state index is 0.126. The smallest absolute Gasteiger partial charge is 0.135 e. The monoisotopic (exact) mass is 248 g/mol. The van der Waals surface area contributed by atoms with Gasteiger partial charge in [0.1, 0.15) is 12.4 Å². The lowest BCUT2D eigenvalue weighted by Gasteiger charge is -2.03. The molecule has 0 amide bonds. The summed E-state index contributed by atoms with van der Waals surface area (Å²) < 4.78 is 5.30. The van der Waals surface area contributed by atoms with Crippen LogP contribution in [0.15, 0.2) is 0 Å². The van der Waals surface area contributed by atoms with Crippen LogP contribution in [0.25, 0.3) is 0 Å². The molecule has 0 fully saturated rings. The van der Waals surface area contributed by atoms with Gasteiger partial charge in [-0.25, -0.2) is 0 Å². The molecule has 0 saturated heterocycles. The Morgan fingerprint density at radius 2 is 1.78 bits per heavy atom. The summed E-state index contributed by atoms with van der Waals surface area (Å²) in [5.74, 6) is 12.4. The third kappa shape index (κ3) is 11.2. The van der Waals surface area contributed by atoms with E-state index in [0.29, 0.717) is 31.3 Å². The van der Waals surface area contributed by atoms with E-state index in [1.54, 1.807) is 0 Å². The lowest BCUT2D eigenvalue weighted by molar-refractivity contribution is -0.122. The highest BCUT2D eigenvalue weighted by atomic mass is 16.5. The Morgan fingerprint density at radius 1 is 1.11 bits per heavy atom. The molecule has 0 heterocycles. The SMILES string of the molecule is CC(C)CC#CC#CCOCCCC(=O)C(C)C. The summed E-state index contributed by atoms with van der Waals surface area (Å²) >= 11 is 0. The highest BCUT2D eigenvalue weighted by molar-refractivity contribution is 5.80. The molecule has 0 aromatic carbocycles. The minimum Gasteiger partial charge on any atom is -0.369 e. The van der Waals surface area contributed by atoms with Crippen LogP contribution < -0.4 is 0 Å². The van der Waals surface area contributed by atoms with Gasteiger partial charge in [-0.3, -0.25) is 4.79 Å². The predicted molar refractivity (Wildman–Crippen MR) is 74.9 cm³/mol. The number of hydrogen-bond donors (Lipinski definition) is 0. The molecule has 0 unspecified atom stereocenters. The van der Waals surface area contributed by atoms with Gasteiger partial charge in [0.2, 0.25) is 0 Å². The second kappa shape index (κ2) is 10.9. The van der Waals surface area contributed by atoms with Crippen molar-refractivity contribution in [1.29, 1.82) is 0 Å². The highest BCUT2D eigenvalue weighted by Gasteiger charge is 2.05. The van der Waals surface area contributed by atoms with Gasteiger partial charge in [0.15, 0.2) is 0 Å². The number of ether oxygens (including phenoxy) is 1. The summed E-state index contributed by atoms with van der Waals surface area (Å²) in [5.41, 5.74) is 0. The molecule has 0 saturated carbocycles. The van der Waals surface area contributed by atoms with Gasteiger partial charge in [0.25, 0.3) is 0 Å². The van der Waals surface area contributed by atoms with Crippen LogP contribution in [0.3, 0.4) is 0 Å². The van der Waals surface area contributed by atoms with E-state index in [1.165, 1.54) is 0 Å². The maximum Gasteiger partial charge on any atom is 0.135 e. The Bertz CT molecular complexity index is 345. The summed E-state index contributed by atoms with van der Waals surface area (Å²) in [5, 5.41) is 0. The first kappa shape index (κ1) is 16.8. The molecule has 0 aromatic heterocycles. The molecule has 0 aliphatic carbocycles. The van der Waals surface area contributed by atoms with Gasteiger partial charge < -0.3 is 4.74 Å². The molecule has 0 aliphatic rings. The molecular formula is C16H24O2. The van der Waals surface area contributed by atoms with Crippen LogP contribution in [0, 0.1) is 35.5 Å². The zero-order valence-corrected chi connectivity index (χ0v) is 12.0. The topological polar surface area (TPSA) is 26.3 Å². The van der Waals surface area contributed by atoms with Crippen LogP contribution in [-0.4, -0.2) is 19.0 Å². The minimum atomic E-state index is 0.126. The lowest BCUT2D eigenvalue weighted by atomic mass is 10.1. The zero-order valence-electron chi connectivity index (χ0n) is 12.0. The average molecular weight is 248 g/mol. The van der Waals surface area contributed by atoms with Crippen molar-refractivity contribution in [2.45, 2.75) is 47.0 Å². The fraction of sp³-hybridized carbons (Fsp3) is 0.688. The molecular weight excluding hydrogens is 224 g/mol. The second-order valence-corrected chi connectivity index (χ2v) is 4.98. The number of ketones is 1. The van der Waals surface area contributed by atoms with E-state index in [9.17, 15) is 4.79 Å². The van der Waals surface area contributed by atoms with Crippen molar-refractivity contribution in [3.8, 4) is 23.7 Å². The van der Waals surface area contributed by atoms with Gasteiger partial charge in [0.05, 0.1) is 0 Å². The van der Waals surface area contributed by atoms with Crippen LogP contribution in [0.5, 0.6) is 0 Å². The third-order valence-corrected chi connectivity index (χ3v) is 2.28. The molecule has 2 heteroatoms. The second-order valence-electron chi connectivity index (χ2n) is 4.98. The first-order valence-electron chi connectivity index (χ1n) is 6.60. The number of hydrogen-bond acceptors (Lipinski definition) is 2. The first-order valence-corrected chi connectivity index (χ1v) is 6.60. The summed E-state index contributed by atoms with van der Waals surface area (Å²) in [4.78, 5) is 11.3. The van der Waals surface area contributed by atoms with E-state index < -0.39 is 0 Å². The summed E-state index contributed by atoms with van der Waals surface area (Å²) in [6.07, 6.45) is 2.25. The van der Waals surface area contributed by atoms with Gasteiger partial charge in [-0.1, -0.05) is 39.5 Å². The maximum atomic E-state index is 11.3. The van der Waals surface area contributed by atoms with E-state index in [1.807, 2.05) is 13.8 Å². The summed E-state index contributed by atoms with van der Waals surface area (Å²) in [6, 6.07) is 0. The van der Waals surface area contributed by atoms with Crippen molar-refractivity contribution in [2.75, 3.05) is 13.2 Å². The number of carbonyl (C=O) groups excluding carboxylic acids is 1. The summed E-state index contributed by atoms with van der Waals surface area (Å²) in [6.45, 7) is 9.08. The molecule has 0 aromatic rings. The van der Waals surface area contributed by atoms with E-state index in [-0.39, 0.29) is 5.92 Å². The van der Waals surface area contributed by atoms with Crippen molar-refractivity contribution in [3.63, 3.8) is 0 Å². The molecule has 0 N–H and O–H groups in total. The van der Waals surface area contributed by atoms with Gasteiger partial charge in [-0.05, 0) is 24.2 Å². The average Bonchev–Trinajstić information content (AvgIpc) is 2.30. The summed E-state index contributed by atoms with van der Waals surface area (Å²) in [7, 11) is 0. The van der Waals surface area contributed by atoms with Gasteiger partial charge >= 0.3 is 0 Å². The molecule has 18 heavy (non-hydrogen) atoms. The maximum absolute atomic E-state index is 11.3. The first-order chi connectivity index (χ1) is 8.54. The van der Waals surface area contributed by atoms with Crippen LogP contribution in [0.2, 0.25) is 0 Å². The molecule has 100 valence electrons. The Hall–Kier alpha value is -1.25. The van der Waals surface area contributed by atoms with E-state index in [4.69, 9.17) is 4.74 Å². The molecule has 0 rings (SSSR count). The number of Topliss-reactive ketones (excluding diaryl/α,β-unsaturated/α-hetero) is 1. The highest BCUT2D eigenvalue weighted by Crippen LogP contribution is 2.01. The largest absolute Gasteiger partial charge is 0.369 e. The van der Waals surface area contributed by atoms with E-state index in [2.05, 4.69) is 37.5 Å². The van der Waals surface area contributed by atoms with Crippen molar-refractivity contribution < 1.29 is 9.53 Å². The number of carbonyl (C=O) groups is 1. The van der Waals surface area contributed by atoms with Gasteiger partial charge in [-0.15, -0.1) is 0 Å². The lowest BCUT2D eigenvalue weighted by Crippen LogP contribution is -2.08. The molecule has 0 atom stereocenters. The fourth-order valence-corrected chi connectivity index (χ4v) is 1.14. The molecule has 0 radical (unpaired) electrons. The quantitative estimate of drug-likeness (QED) is 0.511. The third-order valence-electron chi connectivity index (χ3n) is 2.28. The standard InChI is InChI=1S/C16H24O2/c1-14(2)10-7-5-6-8-12-18-13-9-11-16(17)15(3)4/h14-15H,9-13H2,1-4H3. The van der Waals surface area contributed by atoms with Crippen molar-refractivity contribution in [1.82, 2.24) is 0 Å². The van der Waals surface area contributed by atoms with Crippen molar-refractivity contribution in [3.05, 3.63) is 0 Å². The fourth-order valence-electron chi connectivity index (χ4n) is 1.14. The molecule has 0 spiro atoms. The van der Waals surface area contributed by atoms with Crippen LogP contribution in [0.1, 0.15) is 47.0 Å². The van der Waals surface area contributed by atoms with E-state index >= 15 is 0 Å². The Morgan fingerprint density at radius 3 is 2.39 bits per heavy atom. The van der Waals surface area contributed by atoms with Gasteiger partial charge in [-0.2, -0.15) is 0 Å². The predicted octanol–water partition coefficient (Wildman–Crippen LogP) is 3.06. The zero-order chi connectivity index (χ0) is 13.8. The molecule has 0 aliphatic heterocycles. The van der Waals surface area contributed by atoms with Crippen LogP contribution in [-0.2, 0) is 9.53 Å². The molecule has 2 nitrogen and oxygen atoms in total. The molecule has 0 bridgehead atoms. The van der Waals surface area contributed by atoms with Crippen LogP contribution in [0.4, 0.5) is 0 Å². The van der Waals surface area contributed by atoms with Gasteiger partial charge in [0, 0.05) is 25.4 Å².